The second-order valence-electron chi connectivity index (χ2n) is 7.02. The van der Waals surface area contributed by atoms with Crippen LogP contribution in [0.4, 0.5) is 0 Å². The van der Waals surface area contributed by atoms with Crippen molar-refractivity contribution in [1.82, 2.24) is 0 Å². The zero-order valence-electron chi connectivity index (χ0n) is 15.5. The Balaban J connectivity index is 2.05. The highest BCUT2D eigenvalue weighted by Gasteiger charge is 2.27. The fourth-order valence-corrected chi connectivity index (χ4v) is 6.72. The van der Waals surface area contributed by atoms with Crippen molar-refractivity contribution >= 4 is 95.6 Å². The third kappa shape index (κ3) is 4.96. The van der Waals surface area contributed by atoms with E-state index in [0.29, 0.717) is 29.4 Å². The zero-order valence-corrected chi connectivity index (χ0v) is 25.1. The molecule has 3 aromatic carbocycles. The molecule has 30 heavy (non-hydrogen) atoms. The number of phenols is 2. The van der Waals surface area contributed by atoms with Crippen LogP contribution in [0.3, 0.4) is 0 Å². The molecular formula is C21H14Br6O3. The summed E-state index contributed by atoms with van der Waals surface area (Å²) in [6.07, 6.45) is 0. The molecule has 0 saturated carbocycles. The summed E-state index contributed by atoms with van der Waals surface area (Å²) in [7, 11) is 0. The summed E-state index contributed by atoms with van der Waals surface area (Å²) in [4.78, 5) is 0. The average Bonchev–Trinajstić information content (AvgIpc) is 2.63. The fraction of sp³-hybridized carbons (Fsp3) is 0.143. The Hall–Kier alpha value is -0.0600. The van der Waals surface area contributed by atoms with Gasteiger partial charge in [0.1, 0.15) is 11.5 Å². The predicted octanol–water partition coefficient (Wildman–Crippen LogP) is 9.79. The van der Waals surface area contributed by atoms with Gasteiger partial charge in [-0.25, -0.2) is 0 Å². The highest BCUT2D eigenvalue weighted by Crippen LogP contribution is 2.47. The molecule has 0 aliphatic heterocycles. The molecule has 0 radical (unpaired) electrons. The van der Waals surface area contributed by atoms with Crippen molar-refractivity contribution in [3.05, 3.63) is 74.4 Å². The number of rotatable bonds is 4. The standard InChI is InChI=1S/C21H14Br6O3/c1-21(2,9-3-12(22)18(29)13(23)4-9)10-5-14(24)19(15(25)6-10)30-20-16(26)7-11(28)8-17(20)27/h3-8,28-29H,1-2H3. The van der Waals surface area contributed by atoms with E-state index >= 15 is 0 Å². The molecule has 0 aliphatic carbocycles. The number of benzene rings is 3. The van der Waals surface area contributed by atoms with Gasteiger partial charge in [0.05, 0.1) is 26.8 Å². The number of hydrogen-bond donors (Lipinski definition) is 2. The van der Waals surface area contributed by atoms with Crippen LogP contribution in [0.5, 0.6) is 23.0 Å². The maximum Gasteiger partial charge on any atom is 0.156 e. The molecule has 0 amide bonds. The summed E-state index contributed by atoms with van der Waals surface area (Å²) >= 11 is 20.9. The maximum absolute atomic E-state index is 10.0. The van der Waals surface area contributed by atoms with Gasteiger partial charge in [0.25, 0.3) is 0 Å². The summed E-state index contributed by atoms with van der Waals surface area (Å²) in [6.45, 7) is 4.22. The first-order chi connectivity index (χ1) is 13.9. The van der Waals surface area contributed by atoms with Crippen LogP contribution in [-0.2, 0) is 5.41 Å². The lowest BCUT2D eigenvalue weighted by molar-refractivity contribution is 0.456. The average molecular weight is 794 g/mol. The summed E-state index contributed by atoms with van der Waals surface area (Å²) in [6, 6.07) is 11.0. The topological polar surface area (TPSA) is 49.7 Å². The van der Waals surface area contributed by atoms with Crippen molar-refractivity contribution in [3.8, 4) is 23.0 Å². The first-order valence-corrected chi connectivity index (χ1v) is 13.2. The number of phenolic OH excluding ortho intramolecular Hbond substituents is 2. The molecule has 0 fully saturated rings. The van der Waals surface area contributed by atoms with Gasteiger partial charge in [-0.15, -0.1) is 0 Å². The Morgan fingerprint density at radius 3 is 1.33 bits per heavy atom. The minimum Gasteiger partial charge on any atom is -0.508 e. The predicted molar refractivity (Wildman–Crippen MR) is 141 cm³/mol. The van der Waals surface area contributed by atoms with Crippen LogP contribution >= 0.6 is 95.6 Å². The monoisotopic (exact) mass is 788 g/mol. The van der Waals surface area contributed by atoms with Gasteiger partial charge < -0.3 is 14.9 Å². The van der Waals surface area contributed by atoms with Gasteiger partial charge in [-0.3, -0.25) is 0 Å². The molecule has 0 bridgehead atoms. The van der Waals surface area contributed by atoms with Crippen molar-refractivity contribution in [3.63, 3.8) is 0 Å². The normalized spacial score (nSPS) is 11.6. The van der Waals surface area contributed by atoms with E-state index in [1.165, 1.54) is 0 Å². The molecule has 0 saturated heterocycles. The Bertz CT molecular complexity index is 1070. The van der Waals surface area contributed by atoms with Crippen molar-refractivity contribution in [2.24, 2.45) is 0 Å². The van der Waals surface area contributed by atoms with Gasteiger partial charge in [0, 0.05) is 5.41 Å². The number of halogens is 6. The Labute approximate surface area is 225 Å². The summed E-state index contributed by atoms with van der Waals surface area (Å²) in [5, 5.41) is 19.8. The van der Waals surface area contributed by atoms with E-state index in [-0.39, 0.29) is 16.9 Å². The summed E-state index contributed by atoms with van der Waals surface area (Å²) < 4.78 is 10.2. The number of hydrogen-bond acceptors (Lipinski definition) is 3. The van der Waals surface area contributed by atoms with E-state index in [1.54, 1.807) is 12.1 Å². The van der Waals surface area contributed by atoms with E-state index in [2.05, 4.69) is 109 Å². The van der Waals surface area contributed by atoms with E-state index in [1.807, 2.05) is 24.3 Å². The largest absolute Gasteiger partial charge is 0.508 e. The minimum absolute atomic E-state index is 0.127. The van der Waals surface area contributed by atoms with E-state index < -0.39 is 0 Å². The molecule has 0 aliphatic rings. The molecule has 3 rings (SSSR count). The fourth-order valence-electron chi connectivity index (χ4n) is 2.86. The van der Waals surface area contributed by atoms with Crippen molar-refractivity contribution < 1.29 is 14.9 Å². The van der Waals surface area contributed by atoms with Crippen LogP contribution in [-0.4, -0.2) is 10.2 Å². The molecular weight excluding hydrogens is 780 g/mol. The molecule has 3 nitrogen and oxygen atoms in total. The molecule has 0 spiro atoms. The number of ether oxygens (including phenoxy) is 1. The van der Waals surface area contributed by atoms with Crippen LogP contribution < -0.4 is 4.74 Å². The molecule has 0 heterocycles. The first kappa shape index (κ1) is 24.6. The Kier molecular flexibility index (Phi) is 7.73. The van der Waals surface area contributed by atoms with Crippen LogP contribution in [0.15, 0.2) is 63.2 Å². The molecule has 0 unspecified atom stereocenters. The third-order valence-electron chi connectivity index (χ3n) is 4.65. The lowest BCUT2D eigenvalue weighted by atomic mass is 9.78. The van der Waals surface area contributed by atoms with Crippen molar-refractivity contribution in [1.29, 1.82) is 0 Å². The molecule has 0 atom stereocenters. The van der Waals surface area contributed by atoms with Crippen LogP contribution in [0.25, 0.3) is 0 Å². The maximum atomic E-state index is 10.0. The summed E-state index contributed by atoms with van der Waals surface area (Å²) in [5.41, 5.74) is 1.71. The van der Waals surface area contributed by atoms with Gasteiger partial charge in [-0.05, 0) is 143 Å². The highest BCUT2D eigenvalue weighted by molar-refractivity contribution is 9.12. The first-order valence-electron chi connectivity index (χ1n) is 8.45. The molecule has 0 aromatic heterocycles. The van der Waals surface area contributed by atoms with E-state index in [4.69, 9.17) is 4.74 Å². The van der Waals surface area contributed by atoms with Gasteiger partial charge in [-0.1, -0.05) is 13.8 Å². The minimum atomic E-state index is -0.359. The lowest BCUT2D eigenvalue weighted by Gasteiger charge is -2.28. The zero-order chi connectivity index (χ0) is 22.4. The van der Waals surface area contributed by atoms with E-state index in [9.17, 15) is 10.2 Å². The second-order valence-corrected chi connectivity index (χ2v) is 12.1. The van der Waals surface area contributed by atoms with Crippen molar-refractivity contribution in [2.45, 2.75) is 19.3 Å². The highest BCUT2D eigenvalue weighted by atomic mass is 79.9. The molecule has 158 valence electrons. The lowest BCUT2D eigenvalue weighted by Crippen LogP contribution is -2.19. The van der Waals surface area contributed by atoms with Crippen molar-refractivity contribution in [2.75, 3.05) is 0 Å². The molecule has 2 N–H and O–H groups in total. The van der Waals surface area contributed by atoms with Crippen LogP contribution in [0.1, 0.15) is 25.0 Å². The van der Waals surface area contributed by atoms with Gasteiger partial charge in [-0.2, -0.15) is 0 Å². The van der Waals surface area contributed by atoms with Crippen LogP contribution in [0.2, 0.25) is 0 Å². The van der Waals surface area contributed by atoms with Gasteiger partial charge >= 0.3 is 0 Å². The second kappa shape index (κ2) is 9.43. The third-order valence-corrected chi connectivity index (χ3v) is 8.21. The molecule has 3 aromatic rings. The summed E-state index contributed by atoms with van der Waals surface area (Å²) in [5.74, 6) is 1.45. The smallest absolute Gasteiger partial charge is 0.156 e. The molecule has 9 heteroatoms. The van der Waals surface area contributed by atoms with Crippen LogP contribution in [0, 0.1) is 0 Å². The SMILES string of the molecule is CC(C)(c1cc(Br)c(O)c(Br)c1)c1cc(Br)c(Oc2c(Br)cc(O)cc2Br)c(Br)c1. The quantitative estimate of drug-likeness (QED) is 0.277. The Morgan fingerprint density at radius 2 is 0.933 bits per heavy atom. The Morgan fingerprint density at radius 1 is 0.600 bits per heavy atom. The van der Waals surface area contributed by atoms with Gasteiger partial charge in [0.15, 0.2) is 11.5 Å². The van der Waals surface area contributed by atoms with Gasteiger partial charge in [0.2, 0.25) is 0 Å². The van der Waals surface area contributed by atoms with E-state index in [0.717, 1.165) is 20.1 Å². The number of aromatic hydroxyl groups is 2.